The predicted molar refractivity (Wildman–Crippen MR) is 117 cm³/mol. The Hall–Kier alpha value is -2.64. The van der Waals surface area contributed by atoms with E-state index in [1.54, 1.807) is 6.20 Å². The minimum absolute atomic E-state index is 0.0636. The van der Waals surface area contributed by atoms with Crippen LogP contribution in [-0.2, 0) is 0 Å². The Morgan fingerprint density at radius 1 is 0.828 bits per heavy atom. The first-order valence-electron chi connectivity index (χ1n) is 10.3. The molecule has 154 valence electrons. The number of nitrogens with one attached hydrogen (secondary N) is 1. The quantitative estimate of drug-likeness (QED) is 0.856. The third-order valence-electron chi connectivity index (χ3n) is 5.81. The van der Waals surface area contributed by atoms with Crippen LogP contribution < -0.4 is 10.2 Å². The van der Waals surface area contributed by atoms with Crippen LogP contribution in [0.25, 0.3) is 0 Å². The van der Waals surface area contributed by atoms with Gasteiger partial charge in [-0.3, -0.25) is 4.79 Å². The maximum atomic E-state index is 12.6. The molecule has 2 aliphatic rings. The van der Waals surface area contributed by atoms with Crippen molar-refractivity contribution in [1.29, 1.82) is 0 Å². The van der Waals surface area contributed by atoms with Crippen molar-refractivity contribution in [2.45, 2.75) is 0 Å². The second-order valence-electron chi connectivity index (χ2n) is 7.99. The third-order valence-corrected chi connectivity index (χ3v) is 5.81. The number of benzene rings is 1. The number of rotatable bonds is 4. The van der Waals surface area contributed by atoms with E-state index in [2.05, 4.69) is 63.4 Å². The fourth-order valence-electron chi connectivity index (χ4n) is 3.75. The summed E-state index contributed by atoms with van der Waals surface area (Å²) in [4.78, 5) is 26.0. The number of carbonyl (C=O) groups is 1. The van der Waals surface area contributed by atoms with Crippen molar-refractivity contribution in [3.8, 4) is 0 Å². The van der Waals surface area contributed by atoms with Crippen LogP contribution in [0.15, 0.2) is 42.6 Å². The number of hydrogen-bond donors (Lipinski definition) is 1. The second-order valence-corrected chi connectivity index (χ2v) is 7.99. The molecule has 0 aliphatic carbocycles. The van der Waals surface area contributed by atoms with Crippen LogP contribution in [0.1, 0.15) is 10.4 Å². The summed E-state index contributed by atoms with van der Waals surface area (Å²) in [5.41, 5.74) is 2.89. The largest absolute Gasteiger partial charge is 0.369 e. The van der Waals surface area contributed by atoms with Gasteiger partial charge in [-0.2, -0.15) is 0 Å². The summed E-state index contributed by atoms with van der Waals surface area (Å²) in [5.74, 6) is 0.806. The van der Waals surface area contributed by atoms with Gasteiger partial charge in [0.15, 0.2) is 0 Å². The molecule has 0 unspecified atom stereocenters. The molecule has 0 atom stereocenters. The molecule has 7 nitrogen and oxygen atoms in total. The van der Waals surface area contributed by atoms with E-state index in [1.807, 2.05) is 17.0 Å². The highest BCUT2D eigenvalue weighted by Crippen LogP contribution is 2.21. The number of hydrogen-bond acceptors (Lipinski definition) is 6. The van der Waals surface area contributed by atoms with E-state index in [-0.39, 0.29) is 5.91 Å². The number of likely N-dealkylation sites (N-methyl/N-ethyl adjacent to an activating group) is 2. The van der Waals surface area contributed by atoms with Crippen molar-refractivity contribution >= 4 is 23.1 Å². The van der Waals surface area contributed by atoms with Gasteiger partial charge in [-0.05, 0) is 50.5 Å². The summed E-state index contributed by atoms with van der Waals surface area (Å²) < 4.78 is 0. The van der Waals surface area contributed by atoms with Gasteiger partial charge in [0.1, 0.15) is 5.82 Å². The SMILES string of the molecule is CN1CCN(C(=O)c2ccc(Nc3ccc(N4CCN(C)CC4)cc3)nc2)CC1. The summed E-state index contributed by atoms with van der Waals surface area (Å²) in [6, 6.07) is 12.2. The van der Waals surface area contributed by atoms with Crippen LogP contribution >= 0.6 is 0 Å². The molecule has 3 heterocycles. The molecular formula is C22H30N6O. The lowest BCUT2D eigenvalue weighted by Gasteiger charge is -2.34. The average Bonchev–Trinajstić information content (AvgIpc) is 2.76. The average molecular weight is 395 g/mol. The van der Waals surface area contributed by atoms with Crippen molar-refractivity contribution in [2.75, 3.05) is 76.7 Å². The molecule has 2 aliphatic heterocycles. The molecule has 2 aromatic rings. The summed E-state index contributed by atoms with van der Waals surface area (Å²) in [5, 5.41) is 3.32. The van der Waals surface area contributed by atoms with Crippen molar-refractivity contribution in [1.82, 2.24) is 19.7 Å². The van der Waals surface area contributed by atoms with Crippen LogP contribution in [0.2, 0.25) is 0 Å². The van der Waals surface area contributed by atoms with Gasteiger partial charge in [0, 0.05) is 69.9 Å². The van der Waals surface area contributed by atoms with E-state index in [1.165, 1.54) is 5.69 Å². The Bertz CT molecular complexity index is 806. The van der Waals surface area contributed by atoms with Gasteiger partial charge < -0.3 is 24.9 Å². The molecule has 2 fully saturated rings. The monoisotopic (exact) mass is 394 g/mol. The lowest BCUT2D eigenvalue weighted by molar-refractivity contribution is 0.0663. The standard InChI is InChI=1S/C22H30N6O/c1-25-9-13-27(14-10-25)20-6-4-19(5-7-20)24-21-8-3-18(17-23-21)22(29)28-15-11-26(2)12-16-28/h3-8,17H,9-16H2,1-2H3,(H,23,24). The maximum Gasteiger partial charge on any atom is 0.255 e. The maximum absolute atomic E-state index is 12.6. The molecule has 4 rings (SSSR count). The molecule has 1 aromatic heterocycles. The Morgan fingerprint density at radius 2 is 1.45 bits per heavy atom. The summed E-state index contributed by atoms with van der Waals surface area (Å²) in [6.07, 6.45) is 1.67. The number of pyridine rings is 1. The second kappa shape index (κ2) is 8.80. The Balaban J connectivity index is 1.34. The smallest absolute Gasteiger partial charge is 0.255 e. The highest BCUT2D eigenvalue weighted by Gasteiger charge is 2.20. The molecule has 0 radical (unpaired) electrons. The van der Waals surface area contributed by atoms with Gasteiger partial charge in [0.2, 0.25) is 0 Å². The minimum Gasteiger partial charge on any atom is -0.369 e. The number of piperazine rings is 2. The van der Waals surface area contributed by atoms with E-state index in [4.69, 9.17) is 0 Å². The molecule has 2 saturated heterocycles. The number of nitrogens with zero attached hydrogens (tertiary/aromatic N) is 5. The fourth-order valence-corrected chi connectivity index (χ4v) is 3.75. The topological polar surface area (TPSA) is 55.0 Å². The van der Waals surface area contributed by atoms with Crippen LogP contribution in [0.3, 0.4) is 0 Å². The molecule has 1 aromatic carbocycles. The zero-order valence-corrected chi connectivity index (χ0v) is 17.3. The van der Waals surface area contributed by atoms with Gasteiger partial charge in [0.05, 0.1) is 5.56 Å². The summed E-state index contributed by atoms with van der Waals surface area (Å²) in [7, 11) is 4.25. The highest BCUT2D eigenvalue weighted by molar-refractivity contribution is 5.94. The minimum atomic E-state index is 0.0636. The van der Waals surface area contributed by atoms with E-state index in [0.717, 1.165) is 63.9 Å². The van der Waals surface area contributed by atoms with Crippen molar-refractivity contribution in [2.24, 2.45) is 0 Å². The highest BCUT2D eigenvalue weighted by atomic mass is 16.2. The predicted octanol–water partition coefficient (Wildman–Crippen LogP) is 1.96. The van der Waals surface area contributed by atoms with E-state index < -0.39 is 0 Å². The molecule has 7 heteroatoms. The van der Waals surface area contributed by atoms with Gasteiger partial charge in [-0.1, -0.05) is 0 Å². The molecular weight excluding hydrogens is 364 g/mol. The zero-order valence-electron chi connectivity index (χ0n) is 17.3. The summed E-state index contributed by atoms with van der Waals surface area (Å²) in [6.45, 7) is 7.71. The summed E-state index contributed by atoms with van der Waals surface area (Å²) >= 11 is 0. The van der Waals surface area contributed by atoms with Gasteiger partial charge >= 0.3 is 0 Å². The lowest BCUT2D eigenvalue weighted by Crippen LogP contribution is -2.47. The molecule has 0 spiro atoms. The molecule has 1 N–H and O–H groups in total. The molecule has 0 bridgehead atoms. The first kappa shape index (κ1) is 19.7. The van der Waals surface area contributed by atoms with E-state index in [0.29, 0.717) is 5.56 Å². The third kappa shape index (κ3) is 4.86. The van der Waals surface area contributed by atoms with Crippen LogP contribution in [0.4, 0.5) is 17.2 Å². The first-order chi connectivity index (χ1) is 14.1. The molecule has 29 heavy (non-hydrogen) atoms. The Kier molecular flexibility index (Phi) is 5.97. The van der Waals surface area contributed by atoms with Gasteiger partial charge in [-0.25, -0.2) is 4.98 Å². The van der Waals surface area contributed by atoms with Crippen LogP contribution in [0.5, 0.6) is 0 Å². The van der Waals surface area contributed by atoms with Crippen molar-refractivity contribution < 1.29 is 4.79 Å². The Labute approximate surface area is 172 Å². The number of anilines is 3. The van der Waals surface area contributed by atoms with E-state index in [9.17, 15) is 4.79 Å². The lowest BCUT2D eigenvalue weighted by atomic mass is 10.2. The fraction of sp³-hybridized carbons (Fsp3) is 0.455. The molecule has 0 saturated carbocycles. The Morgan fingerprint density at radius 3 is 2.03 bits per heavy atom. The first-order valence-corrected chi connectivity index (χ1v) is 10.3. The van der Waals surface area contributed by atoms with Crippen molar-refractivity contribution in [3.63, 3.8) is 0 Å². The van der Waals surface area contributed by atoms with Gasteiger partial charge in [-0.15, -0.1) is 0 Å². The van der Waals surface area contributed by atoms with E-state index >= 15 is 0 Å². The molecule has 1 amide bonds. The van der Waals surface area contributed by atoms with Gasteiger partial charge in [0.25, 0.3) is 5.91 Å². The number of aromatic nitrogens is 1. The van der Waals surface area contributed by atoms with Crippen LogP contribution in [-0.4, -0.2) is 92.0 Å². The number of carbonyl (C=O) groups excluding carboxylic acids is 1. The normalized spacial score (nSPS) is 18.7. The zero-order chi connectivity index (χ0) is 20.2. The number of amides is 1. The van der Waals surface area contributed by atoms with Crippen LogP contribution in [0, 0.1) is 0 Å². The van der Waals surface area contributed by atoms with Crippen molar-refractivity contribution in [3.05, 3.63) is 48.2 Å².